The lowest BCUT2D eigenvalue weighted by atomic mass is 10.1. The van der Waals surface area contributed by atoms with E-state index in [1.54, 1.807) is 12.1 Å². The van der Waals surface area contributed by atoms with Crippen LogP contribution >= 0.6 is 24.0 Å². The van der Waals surface area contributed by atoms with Crippen LogP contribution in [0.5, 0.6) is 0 Å². The summed E-state index contributed by atoms with van der Waals surface area (Å²) in [6.07, 6.45) is 0.943. The molecule has 0 saturated heterocycles. The second-order valence-electron chi connectivity index (χ2n) is 5.42. The molecule has 2 rings (SSSR count). The van der Waals surface area contributed by atoms with Crippen molar-refractivity contribution in [2.24, 2.45) is 10.7 Å². The highest BCUT2D eigenvalue weighted by Gasteiger charge is 2.01. The summed E-state index contributed by atoms with van der Waals surface area (Å²) < 4.78 is 0. The minimum Gasteiger partial charge on any atom is -0.366 e. The summed E-state index contributed by atoms with van der Waals surface area (Å²) in [6, 6.07) is 17.5. The predicted octanol–water partition coefficient (Wildman–Crippen LogP) is 2.70. The zero-order valence-corrected chi connectivity index (χ0v) is 16.7. The molecule has 5 nitrogen and oxygen atoms in total. The van der Waals surface area contributed by atoms with Crippen LogP contribution < -0.4 is 16.4 Å². The summed E-state index contributed by atoms with van der Waals surface area (Å²) in [7, 11) is 0. The Kier molecular flexibility index (Phi) is 9.61. The van der Waals surface area contributed by atoms with Crippen LogP contribution in [0.1, 0.15) is 28.4 Å². The number of amides is 1. The molecule has 0 bridgehead atoms. The van der Waals surface area contributed by atoms with Crippen molar-refractivity contribution in [2.45, 2.75) is 19.9 Å². The Morgan fingerprint density at radius 2 is 1.68 bits per heavy atom. The molecule has 2 aromatic rings. The number of benzene rings is 2. The van der Waals surface area contributed by atoms with E-state index in [-0.39, 0.29) is 24.0 Å². The average molecular weight is 452 g/mol. The van der Waals surface area contributed by atoms with Crippen LogP contribution in [0.4, 0.5) is 0 Å². The van der Waals surface area contributed by atoms with Crippen LogP contribution in [0, 0.1) is 0 Å². The molecule has 0 aliphatic rings. The monoisotopic (exact) mass is 452 g/mol. The molecular weight excluding hydrogens is 427 g/mol. The lowest BCUT2D eigenvalue weighted by Gasteiger charge is -2.11. The van der Waals surface area contributed by atoms with Gasteiger partial charge in [-0.15, -0.1) is 24.0 Å². The zero-order valence-electron chi connectivity index (χ0n) is 14.4. The van der Waals surface area contributed by atoms with E-state index in [2.05, 4.69) is 27.8 Å². The summed E-state index contributed by atoms with van der Waals surface area (Å²) in [4.78, 5) is 15.6. The van der Waals surface area contributed by atoms with E-state index in [0.29, 0.717) is 12.1 Å². The van der Waals surface area contributed by atoms with Crippen molar-refractivity contribution in [2.75, 3.05) is 13.1 Å². The summed E-state index contributed by atoms with van der Waals surface area (Å²) in [5.41, 5.74) is 8.07. The summed E-state index contributed by atoms with van der Waals surface area (Å²) in [6.45, 7) is 4.20. The summed E-state index contributed by atoms with van der Waals surface area (Å²) >= 11 is 0. The highest BCUT2D eigenvalue weighted by molar-refractivity contribution is 14.0. The normalized spacial score (nSPS) is 10.7. The number of carbonyl (C=O) groups is 1. The van der Waals surface area contributed by atoms with Crippen molar-refractivity contribution in [3.8, 4) is 0 Å². The fraction of sp³-hybridized carbons (Fsp3) is 0.263. The van der Waals surface area contributed by atoms with Gasteiger partial charge in [0, 0.05) is 18.7 Å². The van der Waals surface area contributed by atoms with Crippen molar-refractivity contribution in [3.05, 3.63) is 71.3 Å². The van der Waals surface area contributed by atoms with Gasteiger partial charge in [0.15, 0.2) is 5.96 Å². The second-order valence-corrected chi connectivity index (χ2v) is 5.42. The fourth-order valence-electron chi connectivity index (χ4n) is 2.26. The molecule has 4 N–H and O–H groups in total. The van der Waals surface area contributed by atoms with Gasteiger partial charge in [-0.05, 0) is 36.6 Å². The Balaban J connectivity index is 0.00000312. The van der Waals surface area contributed by atoms with Crippen LogP contribution in [-0.2, 0) is 13.0 Å². The number of nitrogens with zero attached hydrogens (tertiary/aromatic N) is 1. The van der Waals surface area contributed by atoms with Gasteiger partial charge in [0.2, 0.25) is 5.91 Å². The van der Waals surface area contributed by atoms with Crippen molar-refractivity contribution in [1.29, 1.82) is 0 Å². The first-order chi connectivity index (χ1) is 11.7. The van der Waals surface area contributed by atoms with E-state index in [0.717, 1.165) is 31.0 Å². The van der Waals surface area contributed by atoms with Crippen LogP contribution in [0.3, 0.4) is 0 Å². The van der Waals surface area contributed by atoms with Gasteiger partial charge in [-0.25, -0.2) is 4.99 Å². The van der Waals surface area contributed by atoms with Crippen molar-refractivity contribution >= 4 is 35.8 Å². The number of guanidine groups is 1. The number of hydrogen-bond donors (Lipinski definition) is 3. The van der Waals surface area contributed by atoms with E-state index >= 15 is 0 Å². The first-order valence-electron chi connectivity index (χ1n) is 8.14. The van der Waals surface area contributed by atoms with E-state index in [9.17, 15) is 4.79 Å². The molecule has 0 spiro atoms. The number of halogens is 1. The van der Waals surface area contributed by atoms with Gasteiger partial charge in [0.05, 0.1) is 6.54 Å². The topological polar surface area (TPSA) is 79.5 Å². The first kappa shape index (κ1) is 21.0. The lowest BCUT2D eigenvalue weighted by Crippen LogP contribution is -2.38. The van der Waals surface area contributed by atoms with E-state index in [1.807, 2.05) is 37.3 Å². The largest absolute Gasteiger partial charge is 0.366 e. The standard InChI is InChI=1S/C19H24N4O.HI/c1-2-21-19(22-13-12-15-6-4-3-5-7-15)23-14-16-8-10-17(11-9-16)18(20)24;/h3-11H,2,12-14H2,1H3,(H2,20,24)(H2,21,22,23);1H. The third-order valence-corrected chi connectivity index (χ3v) is 3.55. The van der Waals surface area contributed by atoms with E-state index < -0.39 is 5.91 Å². The third kappa shape index (κ3) is 7.55. The van der Waals surface area contributed by atoms with Gasteiger partial charge >= 0.3 is 0 Å². The number of nitrogens with two attached hydrogens (primary N) is 1. The highest BCUT2D eigenvalue weighted by atomic mass is 127. The molecule has 2 aromatic carbocycles. The molecule has 0 saturated carbocycles. The smallest absolute Gasteiger partial charge is 0.248 e. The SMILES string of the molecule is CCNC(=NCc1ccc(C(N)=O)cc1)NCCc1ccccc1.I. The fourth-order valence-corrected chi connectivity index (χ4v) is 2.26. The molecule has 0 heterocycles. The van der Waals surface area contributed by atoms with Crippen LogP contribution in [0.2, 0.25) is 0 Å². The number of hydrogen-bond acceptors (Lipinski definition) is 2. The maximum absolute atomic E-state index is 11.1. The van der Waals surface area contributed by atoms with Crippen molar-refractivity contribution in [3.63, 3.8) is 0 Å². The van der Waals surface area contributed by atoms with Gasteiger partial charge in [-0.3, -0.25) is 4.79 Å². The maximum Gasteiger partial charge on any atom is 0.248 e. The summed E-state index contributed by atoms with van der Waals surface area (Å²) in [5, 5.41) is 6.57. The number of rotatable bonds is 7. The number of primary amides is 1. The van der Waals surface area contributed by atoms with Gasteiger partial charge in [-0.1, -0.05) is 42.5 Å². The molecule has 0 unspecified atom stereocenters. The third-order valence-electron chi connectivity index (χ3n) is 3.55. The molecule has 134 valence electrons. The Morgan fingerprint density at radius 1 is 1.00 bits per heavy atom. The lowest BCUT2D eigenvalue weighted by molar-refractivity contribution is 0.100. The molecule has 0 fully saturated rings. The predicted molar refractivity (Wildman–Crippen MR) is 113 cm³/mol. The zero-order chi connectivity index (χ0) is 17.2. The first-order valence-corrected chi connectivity index (χ1v) is 8.14. The van der Waals surface area contributed by atoms with Gasteiger partial charge in [-0.2, -0.15) is 0 Å². The molecular formula is C19H25IN4O. The Morgan fingerprint density at radius 3 is 2.28 bits per heavy atom. The molecule has 0 aromatic heterocycles. The summed E-state index contributed by atoms with van der Waals surface area (Å²) in [5.74, 6) is 0.369. The Hall–Kier alpha value is -2.09. The average Bonchev–Trinajstić information content (AvgIpc) is 2.61. The maximum atomic E-state index is 11.1. The highest BCUT2D eigenvalue weighted by Crippen LogP contribution is 2.05. The van der Waals surface area contributed by atoms with Crippen molar-refractivity contribution < 1.29 is 4.79 Å². The van der Waals surface area contributed by atoms with Gasteiger partial charge in [0.25, 0.3) is 0 Å². The Labute approximate surface area is 166 Å². The molecule has 0 aliphatic heterocycles. The van der Waals surface area contributed by atoms with Crippen LogP contribution in [0.15, 0.2) is 59.6 Å². The molecule has 25 heavy (non-hydrogen) atoms. The van der Waals surface area contributed by atoms with Crippen LogP contribution in [0.25, 0.3) is 0 Å². The number of carbonyl (C=O) groups excluding carboxylic acids is 1. The van der Waals surface area contributed by atoms with E-state index in [4.69, 9.17) is 5.73 Å². The Bertz CT molecular complexity index is 672. The van der Waals surface area contributed by atoms with Gasteiger partial charge < -0.3 is 16.4 Å². The van der Waals surface area contributed by atoms with Crippen molar-refractivity contribution in [1.82, 2.24) is 10.6 Å². The number of aliphatic imine (C=N–C) groups is 1. The van der Waals surface area contributed by atoms with Gasteiger partial charge in [0.1, 0.15) is 0 Å². The van der Waals surface area contributed by atoms with E-state index in [1.165, 1.54) is 5.56 Å². The molecule has 0 atom stereocenters. The molecule has 0 aliphatic carbocycles. The molecule has 6 heteroatoms. The minimum absolute atomic E-state index is 0. The second kappa shape index (κ2) is 11.5. The number of nitrogens with one attached hydrogen (secondary N) is 2. The van der Waals surface area contributed by atoms with Crippen LogP contribution in [-0.4, -0.2) is 25.0 Å². The minimum atomic E-state index is -0.416. The quantitative estimate of drug-likeness (QED) is 0.344. The molecule has 0 radical (unpaired) electrons. The molecule has 1 amide bonds.